The predicted octanol–water partition coefficient (Wildman–Crippen LogP) is 1.26. The molecule has 1 saturated heterocycles. The molecular weight excluding hydrogens is 380 g/mol. The maximum Gasteiger partial charge on any atom is 0.256 e. The van der Waals surface area contributed by atoms with E-state index in [1.54, 1.807) is 11.0 Å². The molecule has 1 heterocycles. The Hall–Kier alpha value is -1.84. The highest BCUT2D eigenvalue weighted by molar-refractivity contribution is 7.92. The van der Waals surface area contributed by atoms with Gasteiger partial charge in [-0.25, -0.2) is 8.42 Å². The van der Waals surface area contributed by atoms with E-state index in [4.69, 9.17) is 0 Å². The molecule has 1 atom stereocenters. The van der Waals surface area contributed by atoms with E-state index in [0.29, 0.717) is 18.8 Å². The second-order valence-electron chi connectivity index (χ2n) is 6.19. The number of hydrogen-bond donors (Lipinski definition) is 3. The van der Waals surface area contributed by atoms with E-state index in [0.717, 1.165) is 19.1 Å². The average molecular weight is 405 g/mol. The van der Waals surface area contributed by atoms with Crippen LogP contribution in [0.2, 0.25) is 0 Å². The summed E-state index contributed by atoms with van der Waals surface area (Å²) in [5.41, 5.74) is 0.860. The lowest BCUT2D eigenvalue weighted by atomic mass is 10.0. The Morgan fingerprint density at radius 3 is 2.54 bits per heavy atom. The number of hydrogen-bond acceptors (Lipinski definition) is 5. The number of carbonyl (C=O) groups excluding carboxylic acids is 2. The standard InChI is InChI=1S/C16H24N4O4S.ClH/c1-11(21)18-12-6-7-15(19-25(3,23)24)14(9-12)16(22)20-8-4-5-13(10-20)17-2;/h6-7,9,13,17,19H,4-5,8,10H2,1-3H3,(H,18,21);1H. The molecule has 0 aliphatic carbocycles. The summed E-state index contributed by atoms with van der Waals surface area (Å²) in [6.07, 6.45) is 2.89. The number of benzene rings is 1. The van der Waals surface area contributed by atoms with Crippen molar-refractivity contribution in [3.8, 4) is 0 Å². The third kappa shape index (κ3) is 6.15. The first-order valence-corrected chi connectivity index (χ1v) is 9.94. The van der Waals surface area contributed by atoms with Crippen LogP contribution in [0.1, 0.15) is 30.1 Å². The zero-order chi connectivity index (χ0) is 18.6. The third-order valence-electron chi connectivity index (χ3n) is 3.98. The quantitative estimate of drug-likeness (QED) is 0.684. The van der Waals surface area contributed by atoms with Crippen molar-refractivity contribution in [1.29, 1.82) is 0 Å². The van der Waals surface area contributed by atoms with Crippen molar-refractivity contribution in [2.45, 2.75) is 25.8 Å². The Bertz CT molecular complexity index is 770. The largest absolute Gasteiger partial charge is 0.337 e. The molecule has 0 bridgehead atoms. The fourth-order valence-corrected chi connectivity index (χ4v) is 3.44. The monoisotopic (exact) mass is 404 g/mol. The molecule has 1 aliphatic rings. The van der Waals surface area contributed by atoms with Gasteiger partial charge < -0.3 is 15.5 Å². The van der Waals surface area contributed by atoms with Gasteiger partial charge in [-0.15, -0.1) is 12.4 Å². The van der Waals surface area contributed by atoms with Crippen LogP contribution in [0.15, 0.2) is 18.2 Å². The van der Waals surface area contributed by atoms with Crippen LogP contribution in [0.4, 0.5) is 11.4 Å². The fourth-order valence-electron chi connectivity index (χ4n) is 2.86. The smallest absolute Gasteiger partial charge is 0.256 e. The zero-order valence-electron chi connectivity index (χ0n) is 15.0. The minimum atomic E-state index is -3.54. The van der Waals surface area contributed by atoms with Gasteiger partial charge in [-0.05, 0) is 38.1 Å². The number of nitrogens with zero attached hydrogens (tertiary/aromatic N) is 1. The van der Waals surface area contributed by atoms with Gasteiger partial charge in [0.2, 0.25) is 15.9 Å². The summed E-state index contributed by atoms with van der Waals surface area (Å²) in [6, 6.07) is 4.75. The number of nitrogens with one attached hydrogen (secondary N) is 3. The van der Waals surface area contributed by atoms with E-state index >= 15 is 0 Å². The van der Waals surface area contributed by atoms with Crippen LogP contribution in [0.5, 0.6) is 0 Å². The molecule has 3 N–H and O–H groups in total. The van der Waals surface area contributed by atoms with E-state index in [9.17, 15) is 18.0 Å². The normalized spacial score (nSPS) is 17.2. The molecule has 26 heavy (non-hydrogen) atoms. The lowest BCUT2D eigenvalue weighted by Gasteiger charge is -2.33. The van der Waals surface area contributed by atoms with Crippen LogP contribution in [-0.2, 0) is 14.8 Å². The van der Waals surface area contributed by atoms with Gasteiger partial charge >= 0.3 is 0 Å². The molecular formula is C16H25ClN4O4S. The van der Waals surface area contributed by atoms with E-state index in [-0.39, 0.29) is 41.5 Å². The van der Waals surface area contributed by atoms with Crippen LogP contribution < -0.4 is 15.4 Å². The molecule has 0 radical (unpaired) electrons. The van der Waals surface area contributed by atoms with Gasteiger partial charge in [0.15, 0.2) is 0 Å². The molecule has 1 unspecified atom stereocenters. The van der Waals surface area contributed by atoms with E-state index < -0.39 is 10.0 Å². The van der Waals surface area contributed by atoms with Crippen molar-refractivity contribution in [3.05, 3.63) is 23.8 Å². The lowest BCUT2D eigenvalue weighted by molar-refractivity contribution is -0.114. The summed E-state index contributed by atoms with van der Waals surface area (Å²) in [4.78, 5) is 25.9. The Balaban J connectivity index is 0.00000338. The van der Waals surface area contributed by atoms with Gasteiger partial charge in [-0.1, -0.05) is 0 Å². The van der Waals surface area contributed by atoms with Gasteiger partial charge in [0.05, 0.1) is 17.5 Å². The number of sulfonamides is 1. The summed E-state index contributed by atoms with van der Waals surface area (Å²) in [7, 11) is -1.68. The first-order valence-electron chi connectivity index (χ1n) is 8.05. The number of likely N-dealkylation sites (tertiary alicyclic amines) is 1. The maximum absolute atomic E-state index is 13.0. The molecule has 1 fully saturated rings. The van der Waals surface area contributed by atoms with Crippen molar-refractivity contribution in [2.24, 2.45) is 0 Å². The Morgan fingerprint density at radius 2 is 1.96 bits per heavy atom. The van der Waals surface area contributed by atoms with Crippen molar-refractivity contribution < 1.29 is 18.0 Å². The zero-order valence-corrected chi connectivity index (χ0v) is 16.7. The molecule has 10 heteroatoms. The van der Waals surface area contributed by atoms with Crippen molar-refractivity contribution >= 4 is 45.6 Å². The molecule has 2 rings (SSSR count). The number of anilines is 2. The van der Waals surface area contributed by atoms with E-state index in [1.165, 1.54) is 19.1 Å². The molecule has 146 valence electrons. The molecule has 1 aliphatic heterocycles. The minimum absolute atomic E-state index is 0. The molecule has 1 aromatic rings. The van der Waals surface area contributed by atoms with Gasteiger partial charge in [0, 0.05) is 31.7 Å². The Labute approximate surface area is 160 Å². The SMILES string of the molecule is CNC1CCCN(C(=O)c2cc(NC(C)=O)ccc2NS(C)(=O)=O)C1.Cl. The summed E-state index contributed by atoms with van der Waals surface area (Å²) in [5, 5.41) is 5.78. The molecule has 0 aromatic heterocycles. The van der Waals surface area contributed by atoms with Gasteiger partial charge in [0.1, 0.15) is 0 Å². The van der Waals surface area contributed by atoms with Crippen LogP contribution >= 0.6 is 12.4 Å². The maximum atomic E-state index is 13.0. The second-order valence-corrected chi connectivity index (χ2v) is 7.94. The molecule has 1 aromatic carbocycles. The summed E-state index contributed by atoms with van der Waals surface area (Å²) >= 11 is 0. The minimum Gasteiger partial charge on any atom is -0.337 e. The lowest BCUT2D eigenvalue weighted by Crippen LogP contribution is -2.47. The number of rotatable bonds is 5. The number of piperidine rings is 1. The number of amides is 2. The molecule has 2 amide bonds. The topological polar surface area (TPSA) is 108 Å². The fraction of sp³-hybridized carbons (Fsp3) is 0.500. The van der Waals surface area contributed by atoms with Crippen LogP contribution in [-0.4, -0.2) is 57.6 Å². The molecule has 0 saturated carbocycles. The average Bonchev–Trinajstić information content (AvgIpc) is 2.54. The van der Waals surface area contributed by atoms with Crippen LogP contribution in [0.25, 0.3) is 0 Å². The summed E-state index contributed by atoms with van der Waals surface area (Å²) in [5.74, 6) is -0.534. The van der Waals surface area contributed by atoms with Gasteiger partial charge in [-0.2, -0.15) is 0 Å². The highest BCUT2D eigenvalue weighted by atomic mass is 35.5. The number of carbonyl (C=O) groups is 2. The molecule has 8 nitrogen and oxygen atoms in total. The van der Waals surface area contributed by atoms with E-state index in [1.807, 2.05) is 7.05 Å². The summed E-state index contributed by atoms with van der Waals surface area (Å²) < 4.78 is 25.6. The van der Waals surface area contributed by atoms with E-state index in [2.05, 4.69) is 15.4 Å². The van der Waals surface area contributed by atoms with Gasteiger partial charge in [-0.3, -0.25) is 14.3 Å². The van der Waals surface area contributed by atoms with Crippen molar-refractivity contribution in [1.82, 2.24) is 10.2 Å². The second kappa shape index (κ2) is 9.20. The Kier molecular flexibility index (Phi) is 7.86. The first kappa shape index (κ1) is 22.2. The summed E-state index contributed by atoms with van der Waals surface area (Å²) in [6.45, 7) is 2.53. The van der Waals surface area contributed by atoms with Crippen LogP contribution in [0.3, 0.4) is 0 Å². The van der Waals surface area contributed by atoms with Crippen molar-refractivity contribution in [2.75, 3.05) is 36.4 Å². The Morgan fingerprint density at radius 1 is 1.27 bits per heavy atom. The van der Waals surface area contributed by atoms with Crippen LogP contribution in [0, 0.1) is 0 Å². The predicted molar refractivity (Wildman–Crippen MR) is 104 cm³/mol. The molecule has 0 spiro atoms. The number of halogens is 1. The third-order valence-corrected chi connectivity index (χ3v) is 4.57. The van der Waals surface area contributed by atoms with Crippen molar-refractivity contribution in [3.63, 3.8) is 0 Å². The highest BCUT2D eigenvalue weighted by Gasteiger charge is 2.26. The highest BCUT2D eigenvalue weighted by Crippen LogP contribution is 2.25. The first-order chi connectivity index (χ1) is 11.7. The van der Waals surface area contributed by atoms with Gasteiger partial charge in [0.25, 0.3) is 5.91 Å². The number of likely N-dealkylation sites (N-methyl/N-ethyl adjacent to an activating group) is 1.